The maximum absolute atomic E-state index is 12.4. The number of nitrogens with one attached hydrogen (secondary N) is 2. The van der Waals surface area contributed by atoms with Crippen molar-refractivity contribution in [3.63, 3.8) is 0 Å². The number of hydrogen-bond donors (Lipinski definition) is 2. The fourth-order valence-electron chi connectivity index (χ4n) is 3.88. The zero-order chi connectivity index (χ0) is 20.6. The number of amides is 2. The molecule has 0 spiro atoms. The van der Waals surface area contributed by atoms with Gasteiger partial charge in [0.05, 0.1) is 0 Å². The number of anilines is 2. The molecule has 3 rings (SSSR count). The monoisotopic (exact) mass is 394 g/mol. The van der Waals surface area contributed by atoms with E-state index in [1.54, 1.807) is 0 Å². The van der Waals surface area contributed by atoms with Crippen molar-refractivity contribution in [2.24, 2.45) is 0 Å². The molecular formula is C24H34N4O. The third-order valence-electron chi connectivity index (χ3n) is 5.70. The minimum Gasteiger partial charge on any atom is -0.369 e. The molecule has 0 radical (unpaired) electrons. The Morgan fingerprint density at radius 2 is 1.79 bits per heavy atom. The van der Waals surface area contributed by atoms with E-state index in [1.807, 2.05) is 19.1 Å². The Labute approximate surface area is 175 Å². The lowest BCUT2D eigenvalue weighted by Gasteiger charge is -2.36. The summed E-state index contributed by atoms with van der Waals surface area (Å²) in [6.45, 7) is 11.8. The largest absolute Gasteiger partial charge is 0.369 e. The van der Waals surface area contributed by atoms with Gasteiger partial charge in [-0.15, -0.1) is 0 Å². The lowest BCUT2D eigenvalue weighted by atomic mass is 10.1. The van der Waals surface area contributed by atoms with Gasteiger partial charge in [0, 0.05) is 43.6 Å². The molecule has 5 heteroatoms. The highest BCUT2D eigenvalue weighted by Crippen LogP contribution is 2.24. The van der Waals surface area contributed by atoms with Crippen LogP contribution >= 0.6 is 0 Å². The molecular weight excluding hydrogens is 360 g/mol. The first-order valence-electron chi connectivity index (χ1n) is 10.7. The number of piperazine rings is 1. The van der Waals surface area contributed by atoms with Gasteiger partial charge in [0.2, 0.25) is 0 Å². The maximum atomic E-state index is 12.4. The van der Waals surface area contributed by atoms with Crippen LogP contribution in [0.15, 0.2) is 48.5 Å². The van der Waals surface area contributed by atoms with E-state index in [0.717, 1.165) is 51.3 Å². The highest BCUT2D eigenvalue weighted by Gasteiger charge is 2.17. The van der Waals surface area contributed by atoms with Crippen LogP contribution in [-0.2, 0) is 6.42 Å². The normalized spacial score (nSPS) is 15.8. The van der Waals surface area contributed by atoms with Crippen molar-refractivity contribution < 1.29 is 4.79 Å². The number of carbonyl (C=O) groups excluding carboxylic acids is 1. The minimum atomic E-state index is -0.144. The summed E-state index contributed by atoms with van der Waals surface area (Å²) >= 11 is 0. The van der Waals surface area contributed by atoms with Gasteiger partial charge in [-0.3, -0.25) is 0 Å². The average molecular weight is 395 g/mol. The second-order valence-corrected chi connectivity index (χ2v) is 7.95. The van der Waals surface area contributed by atoms with E-state index in [-0.39, 0.29) is 12.1 Å². The molecule has 1 aliphatic rings. The number of rotatable bonds is 7. The third-order valence-corrected chi connectivity index (χ3v) is 5.70. The van der Waals surface area contributed by atoms with Gasteiger partial charge in [-0.25, -0.2) is 4.79 Å². The molecule has 1 heterocycles. The van der Waals surface area contributed by atoms with Gasteiger partial charge in [-0.05, 0) is 62.6 Å². The summed E-state index contributed by atoms with van der Waals surface area (Å²) in [6, 6.07) is 16.5. The molecule has 2 aromatic rings. The third kappa shape index (κ3) is 6.23. The molecule has 1 fully saturated rings. The van der Waals surface area contributed by atoms with Crippen LogP contribution in [0.4, 0.5) is 16.2 Å². The summed E-state index contributed by atoms with van der Waals surface area (Å²) < 4.78 is 0. The summed E-state index contributed by atoms with van der Waals surface area (Å²) in [5, 5.41) is 6.02. The topological polar surface area (TPSA) is 47.6 Å². The van der Waals surface area contributed by atoms with Crippen molar-refractivity contribution in [1.29, 1.82) is 0 Å². The average Bonchev–Trinajstić information content (AvgIpc) is 2.73. The molecule has 1 aliphatic heterocycles. The van der Waals surface area contributed by atoms with Crippen LogP contribution in [0.25, 0.3) is 0 Å². The highest BCUT2D eigenvalue weighted by molar-refractivity contribution is 5.89. The quantitative estimate of drug-likeness (QED) is 0.737. The Kier molecular flexibility index (Phi) is 7.53. The van der Waals surface area contributed by atoms with Gasteiger partial charge < -0.3 is 20.4 Å². The van der Waals surface area contributed by atoms with Crippen molar-refractivity contribution in [1.82, 2.24) is 10.2 Å². The summed E-state index contributed by atoms with van der Waals surface area (Å²) in [7, 11) is 0. The number of urea groups is 1. The summed E-state index contributed by atoms with van der Waals surface area (Å²) in [5.41, 5.74) is 4.60. The van der Waals surface area contributed by atoms with Gasteiger partial charge in [-0.1, -0.05) is 37.3 Å². The molecule has 0 aromatic heterocycles. The number of aryl methyl sites for hydroxylation is 2. The van der Waals surface area contributed by atoms with Crippen LogP contribution < -0.4 is 15.5 Å². The Morgan fingerprint density at radius 3 is 2.45 bits per heavy atom. The van der Waals surface area contributed by atoms with E-state index >= 15 is 0 Å². The van der Waals surface area contributed by atoms with E-state index in [4.69, 9.17) is 0 Å². The second kappa shape index (κ2) is 10.3. The first-order valence-corrected chi connectivity index (χ1v) is 10.7. The Morgan fingerprint density at radius 1 is 1.07 bits per heavy atom. The standard InChI is InChI=1S/C24H34N4O/c1-4-27-14-16-28(17-15-27)23-13-12-22(18-19(23)2)26-24(29)25-20(3)10-11-21-8-6-5-7-9-21/h5-9,12-13,18,20H,4,10-11,14-17H2,1-3H3,(H2,25,26,29)/t20-/m0/s1. The van der Waals surface area contributed by atoms with Crippen molar-refractivity contribution >= 4 is 17.4 Å². The van der Waals surface area contributed by atoms with Crippen LogP contribution in [-0.4, -0.2) is 49.7 Å². The van der Waals surface area contributed by atoms with Crippen molar-refractivity contribution in [2.75, 3.05) is 42.9 Å². The molecule has 0 bridgehead atoms. The molecule has 1 saturated heterocycles. The molecule has 2 amide bonds. The SMILES string of the molecule is CCN1CCN(c2ccc(NC(=O)N[C@@H](C)CCc3ccccc3)cc2C)CC1. The molecule has 0 saturated carbocycles. The molecule has 1 atom stereocenters. The van der Waals surface area contributed by atoms with E-state index in [2.05, 4.69) is 70.7 Å². The Bertz CT molecular complexity index is 785. The van der Waals surface area contributed by atoms with Gasteiger partial charge in [0.25, 0.3) is 0 Å². The fourth-order valence-corrected chi connectivity index (χ4v) is 3.88. The fraction of sp³-hybridized carbons (Fsp3) is 0.458. The lowest BCUT2D eigenvalue weighted by Crippen LogP contribution is -2.46. The van der Waals surface area contributed by atoms with Crippen LogP contribution in [0.5, 0.6) is 0 Å². The van der Waals surface area contributed by atoms with Gasteiger partial charge in [-0.2, -0.15) is 0 Å². The summed E-state index contributed by atoms with van der Waals surface area (Å²) in [5.74, 6) is 0. The van der Waals surface area contributed by atoms with E-state index in [9.17, 15) is 4.79 Å². The minimum absolute atomic E-state index is 0.116. The van der Waals surface area contributed by atoms with Crippen LogP contribution in [0.2, 0.25) is 0 Å². The zero-order valence-electron chi connectivity index (χ0n) is 17.9. The smallest absolute Gasteiger partial charge is 0.319 e. The first kappa shape index (κ1) is 21.2. The van der Waals surface area contributed by atoms with E-state index in [1.165, 1.54) is 16.8 Å². The van der Waals surface area contributed by atoms with E-state index in [0.29, 0.717) is 0 Å². The maximum Gasteiger partial charge on any atom is 0.319 e. The van der Waals surface area contributed by atoms with Crippen molar-refractivity contribution in [2.45, 2.75) is 39.7 Å². The van der Waals surface area contributed by atoms with Crippen LogP contribution in [0, 0.1) is 6.92 Å². The Balaban J connectivity index is 1.48. The number of likely N-dealkylation sites (N-methyl/N-ethyl adjacent to an activating group) is 1. The number of carbonyl (C=O) groups is 1. The second-order valence-electron chi connectivity index (χ2n) is 7.95. The lowest BCUT2D eigenvalue weighted by molar-refractivity contribution is 0.248. The van der Waals surface area contributed by atoms with Gasteiger partial charge in [0.15, 0.2) is 0 Å². The first-order chi connectivity index (χ1) is 14.0. The Hall–Kier alpha value is -2.53. The summed E-state index contributed by atoms with van der Waals surface area (Å²) in [4.78, 5) is 17.3. The van der Waals surface area contributed by atoms with E-state index < -0.39 is 0 Å². The van der Waals surface area contributed by atoms with Gasteiger partial charge >= 0.3 is 6.03 Å². The van der Waals surface area contributed by atoms with Crippen LogP contribution in [0.3, 0.4) is 0 Å². The molecule has 2 N–H and O–H groups in total. The number of hydrogen-bond acceptors (Lipinski definition) is 3. The van der Waals surface area contributed by atoms with Crippen molar-refractivity contribution in [3.05, 3.63) is 59.7 Å². The number of nitrogens with zero attached hydrogens (tertiary/aromatic N) is 2. The van der Waals surface area contributed by atoms with Gasteiger partial charge in [0.1, 0.15) is 0 Å². The molecule has 0 unspecified atom stereocenters. The predicted molar refractivity (Wildman–Crippen MR) is 122 cm³/mol. The molecule has 2 aromatic carbocycles. The van der Waals surface area contributed by atoms with Crippen molar-refractivity contribution in [3.8, 4) is 0 Å². The molecule has 0 aliphatic carbocycles. The highest BCUT2D eigenvalue weighted by atomic mass is 16.2. The molecule has 29 heavy (non-hydrogen) atoms. The number of benzene rings is 2. The zero-order valence-corrected chi connectivity index (χ0v) is 17.9. The van der Waals surface area contributed by atoms with Crippen LogP contribution in [0.1, 0.15) is 31.4 Å². The predicted octanol–water partition coefficient (Wildman–Crippen LogP) is 4.28. The molecule has 156 valence electrons. The molecule has 5 nitrogen and oxygen atoms in total. The summed E-state index contributed by atoms with van der Waals surface area (Å²) in [6.07, 6.45) is 1.88.